The molecule has 0 bridgehead atoms. The van der Waals surface area contributed by atoms with Gasteiger partial charge in [0.05, 0.1) is 13.2 Å². The number of carbonyl (C=O) groups is 2. The van der Waals surface area contributed by atoms with Crippen LogP contribution in [0.2, 0.25) is 0 Å². The molecule has 0 aliphatic carbocycles. The smallest absolute Gasteiger partial charge is 0.462 e. The molecule has 0 rings (SSSR count). The number of esters is 2. The van der Waals surface area contributed by atoms with E-state index in [4.69, 9.17) is 24.3 Å². The third-order valence-electron chi connectivity index (χ3n) is 14.4. The van der Waals surface area contributed by atoms with Crippen LogP contribution in [-0.4, -0.2) is 49.3 Å². The highest BCUT2D eigenvalue weighted by atomic mass is 31.2. The molecule has 2 atom stereocenters. The summed E-state index contributed by atoms with van der Waals surface area (Å²) in [6.45, 7) is 3.82. The molecule has 0 aliphatic rings. The minimum absolute atomic E-state index is 0.0576. The third-order valence-corrected chi connectivity index (χ3v) is 15.4. The van der Waals surface area contributed by atoms with Crippen molar-refractivity contribution in [2.75, 3.05) is 26.4 Å². The van der Waals surface area contributed by atoms with Crippen LogP contribution in [0.15, 0.2) is 12.2 Å². The number of allylic oxidation sites excluding steroid dienone is 2. The molecular formula is C62H122NO8P. The predicted octanol–water partition coefficient (Wildman–Crippen LogP) is 20.0. The van der Waals surface area contributed by atoms with Gasteiger partial charge in [-0.05, 0) is 38.5 Å². The lowest BCUT2D eigenvalue weighted by Gasteiger charge is -2.19. The van der Waals surface area contributed by atoms with E-state index in [9.17, 15) is 19.0 Å². The van der Waals surface area contributed by atoms with E-state index in [1.165, 1.54) is 276 Å². The largest absolute Gasteiger partial charge is 0.472 e. The number of phosphoric acid groups is 1. The van der Waals surface area contributed by atoms with Crippen LogP contribution in [0.3, 0.4) is 0 Å². The van der Waals surface area contributed by atoms with Crippen molar-refractivity contribution in [3.63, 3.8) is 0 Å². The molecular weight excluding hydrogens is 918 g/mol. The van der Waals surface area contributed by atoms with Crippen molar-refractivity contribution in [2.24, 2.45) is 5.73 Å². The molecule has 0 saturated carbocycles. The minimum atomic E-state index is -4.38. The van der Waals surface area contributed by atoms with Gasteiger partial charge in [0.15, 0.2) is 6.10 Å². The number of ether oxygens (including phenoxy) is 2. The highest BCUT2D eigenvalue weighted by Crippen LogP contribution is 2.43. The summed E-state index contributed by atoms with van der Waals surface area (Å²) < 4.78 is 33.1. The number of carbonyl (C=O) groups excluding carboxylic acids is 2. The van der Waals surface area contributed by atoms with Gasteiger partial charge in [0, 0.05) is 19.4 Å². The lowest BCUT2D eigenvalue weighted by atomic mass is 10.0. The molecule has 0 amide bonds. The Bertz CT molecular complexity index is 1190. The zero-order valence-corrected chi connectivity index (χ0v) is 48.8. The Morgan fingerprint density at radius 3 is 0.986 bits per heavy atom. The van der Waals surface area contributed by atoms with E-state index in [1.54, 1.807) is 0 Å². The Morgan fingerprint density at radius 2 is 0.681 bits per heavy atom. The summed E-state index contributed by atoms with van der Waals surface area (Å²) in [4.78, 5) is 35.2. The summed E-state index contributed by atoms with van der Waals surface area (Å²) in [6, 6.07) is 0. The fraction of sp³-hybridized carbons (Fsp3) is 0.935. The molecule has 0 heterocycles. The van der Waals surface area contributed by atoms with Crippen LogP contribution < -0.4 is 5.73 Å². The Labute approximate surface area is 447 Å². The first kappa shape index (κ1) is 70.8. The van der Waals surface area contributed by atoms with Crippen LogP contribution in [0.5, 0.6) is 0 Å². The van der Waals surface area contributed by atoms with E-state index in [0.29, 0.717) is 6.42 Å². The summed E-state index contributed by atoms with van der Waals surface area (Å²) >= 11 is 0. The molecule has 9 nitrogen and oxygen atoms in total. The zero-order valence-electron chi connectivity index (χ0n) is 48.0. The molecule has 3 N–H and O–H groups in total. The highest BCUT2D eigenvalue weighted by Gasteiger charge is 2.26. The fourth-order valence-electron chi connectivity index (χ4n) is 9.69. The average molecular weight is 1040 g/mol. The van der Waals surface area contributed by atoms with Crippen molar-refractivity contribution in [1.29, 1.82) is 0 Å². The topological polar surface area (TPSA) is 134 Å². The van der Waals surface area contributed by atoms with Gasteiger partial charge >= 0.3 is 19.8 Å². The van der Waals surface area contributed by atoms with Gasteiger partial charge in [-0.2, -0.15) is 0 Å². The van der Waals surface area contributed by atoms with Gasteiger partial charge in [-0.15, -0.1) is 0 Å². The van der Waals surface area contributed by atoms with Crippen molar-refractivity contribution in [1.82, 2.24) is 0 Å². The van der Waals surface area contributed by atoms with Gasteiger partial charge in [-0.3, -0.25) is 18.6 Å². The molecule has 0 radical (unpaired) electrons. The maximum absolute atomic E-state index is 12.7. The predicted molar refractivity (Wildman–Crippen MR) is 308 cm³/mol. The molecule has 0 aliphatic heterocycles. The van der Waals surface area contributed by atoms with Crippen molar-refractivity contribution in [3.05, 3.63) is 12.2 Å². The molecule has 72 heavy (non-hydrogen) atoms. The van der Waals surface area contributed by atoms with E-state index >= 15 is 0 Å². The second kappa shape index (κ2) is 59.0. The number of nitrogens with two attached hydrogens (primary N) is 1. The van der Waals surface area contributed by atoms with E-state index in [2.05, 4.69) is 26.0 Å². The van der Waals surface area contributed by atoms with E-state index in [0.717, 1.165) is 32.1 Å². The van der Waals surface area contributed by atoms with E-state index in [-0.39, 0.29) is 38.6 Å². The van der Waals surface area contributed by atoms with E-state index in [1.807, 2.05) is 0 Å². The molecule has 0 fully saturated rings. The van der Waals surface area contributed by atoms with Crippen molar-refractivity contribution in [3.8, 4) is 0 Å². The lowest BCUT2D eigenvalue weighted by Crippen LogP contribution is -2.29. The van der Waals surface area contributed by atoms with Gasteiger partial charge in [0.2, 0.25) is 0 Å². The van der Waals surface area contributed by atoms with Gasteiger partial charge < -0.3 is 20.1 Å². The maximum Gasteiger partial charge on any atom is 0.472 e. The Balaban J connectivity index is 3.86. The van der Waals surface area contributed by atoms with E-state index < -0.39 is 26.5 Å². The number of unbranched alkanes of at least 4 members (excludes halogenated alkanes) is 46. The van der Waals surface area contributed by atoms with Crippen LogP contribution in [0.1, 0.15) is 341 Å². The Morgan fingerprint density at radius 1 is 0.403 bits per heavy atom. The van der Waals surface area contributed by atoms with Gasteiger partial charge in [-0.1, -0.05) is 302 Å². The molecule has 428 valence electrons. The fourth-order valence-corrected chi connectivity index (χ4v) is 10.5. The third kappa shape index (κ3) is 58.0. The normalized spacial score (nSPS) is 13.0. The number of rotatable bonds is 61. The molecule has 0 saturated heterocycles. The second-order valence-electron chi connectivity index (χ2n) is 21.6. The summed E-state index contributed by atoms with van der Waals surface area (Å²) in [6.07, 6.45) is 68.6. The summed E-state index contributed by atoms with van der Waals surface area (Å²) in [7, 11) is -4.38. The first-order valence-electron chi connectivity index (χ1n) is 31.7. The highest BCUT2D eigenvalue weighted by molar-refractivity contribution is 7.47. The van der Waals surface area contributed by atoms with Gasteiger partial charge in [-0.25, -0.2) is 4.57 Å². The Hall–Kier alpha value is -1.25. The molecule has 0 aromatic carbocycles. The van der Waals surface area contributed by atoms with Crippen LogP contribution in [0.4, 0.5) is 0 Å². The quantitative estimate of drug-likeness (QED) is 0.0264. The zero-order chi connectivity index (χ0) is 52.4. The van der Waals surface area contributed by atoms with Gasteiger partial charge in [0.1, 0.15) is 6.61 Å². The first-order valence-corrected chi connectivity index (χ1v) is 33.2. The maximum atomic E-state index is 12.7. The molecule has 10 heteroatoms. The van der Waals surface area contributed by atoms with Crippen LogP contribution in [-0.2, 0) is 32.7 Å². The SMILES string of the molecule is CCCCCCCCCC/C=C\CCCCCCCCCCCCCCCCCCCC(=O)OC(COC(=O)CCCCCCCCCCCCCCCCCCCCCCCC)COP(=O)(O)OCCN. The standard InChI is InChI=1S/C62H122NO8P/c1-3-5-7-9-11-13-15-17-19-21-23-25-27-28-29-30-31-32-33-35-37-39-41-43-45-47-49-51-53-55-62(65)71-60(59-70-72(66,67)69-57-56-63)58-68-61(64)54-52-50-48-46-44-42-40-38-36-34-26-24-22-20-18-16-14-12-10-8-6-4-2/h21,23,60H,3-20,22,24-59,63H2,1-2H3,(H,66,67)/b23-21-. The summed E-state index contributed by atoms with van der Waals surface area (Å²) in [5.41, 5.74) is 5.39. The van der Waals surface area contributed by atoms with Crippen LogP contribution >= 0.6 is 7.82 Å². The van der Waals surface area contributed by atoms with Crippen LogP contribution in [0, 0.1) is 0 Å². The second-order valence-corrected chi connectivity index (χ2v) is 23.1. The molecule has 0 aromatic rings. The first-order chi connectivity index (χ1) is 35.3. The van der Waals surface area contributed by atoms with Crippen LogP contribution in [0.25, 0.3) is 0 Å². The van der Waals surface area contributed by atoms with Crippen molar-refractivity contribution < 1.29 is 37.6 Å². The van der Waals surface area contributed by atoms with Crippen molar-refractivity contribution in [2.45, 2.75) is 347 Å². The molecule has 2 unspecified atom stereocenters. The van der Waals surface area contributed by atoms with Crippen molar-refractivity contribution >= 4 is 19.8 Å². The number of hydrogen-bond donors (Lipinski definition) is 2. The Kier molecular flexibility index (Phi) is 58.0. The van der Waals surface area contributed by atoms with Gasteiger partial charge in [0.25, 0.3) is 0 Å². The lowest BCUT2D eigenvalue weighted by molar-refractivity contribution is -0.161. The molecule has 0 aromatic heterocycles. The number of phosphoric ester groups is 1. The molecule has 0 spiro atoms. The number of hydrogen-bond acceptors (Lipinski definition) is 8. The average Bonchev–Trinajstić information content (AvgIpc) is 3.37. The summed E-state index contributed by atoms with van der Waals surface area (Å²) in [5, 5.41) is 0. The minimum Gasteiger partial charge on any atom is -0.462 e. The monoisotopic (exact) mass is 1040 g/mol. The summed E-state index contributed by atoms with van der Waals surface area (Å²) in [5.74, 6) is -0.803.